The van der Waals surface area contributed by atoms with Gasteiger partial charge in [-0.15, -0.1) is 0 Å². The molecule has 0 aliphatic rings. The van der Waals surface area contributed by atoms with Crippen molar-refractivity contribution in [1.82, 2.24) is 5.32 Å². The molecule has 0 bridgehead atoms. The van der Waals surface area contributed by atoms with Crippen molar-refractivity contribution in [1.29, 1.82) is 0 Å². The average Bonchev–Trinajstić information content (AvgIpc) is 1.65. The molecule has 1 atom stereocenters. The Morgan fingerprint density at radius 2 is 2.50 bits per heavy atom. The van der Waals surface area contributed by atoms with Gasteiger partial charge in [0.05, 0.1) is 0 Å². The van der Waals surface area contributed by atoms with E-state index in [0.29, 0.717) is 0 Å². The Hall–Kier alpha value is 0.360. The first-order valence-electron chi connectivity index (χ1n) is 1.58. The number of hydrogen-bond acceptors (Lipinski definition) is 2. The third-order valence-electron chi connectivity index (χ3n) is 0.395. The fourth-order valence-corrected chi connectivity index (χ4v) is 0.0680. The molecule has 0 spiro atoms. The molecule has 0 aromatic heterocycles. The van der Waals surface area contributed by atoms with Crippen LogP contribution in [-0.2, 0) is 4.79 Å². The van der Waals surface area contributed by atoms with Gasteiger partial charge in [-0.1, -0.05) is 22.6 Å². The number of halogens is 1. The van der Waals surface area contributed by atoms with Gasteiger partial charge < -0.3 is 10.1 Å². The molecule has 0 saturated carbocycles. The Bertz CT molecular complexity index is 48.1. The summed E-state index contributed by atoms with van der Waals surface area (Å²) in [6.45, 7) is 0. The second-order valence-electron chi connectivity index (χ2n) is 0.827. The zero-order valence-corrected chi connectivity index (χ0v) is 5.60. The molecule has 36 valence electrons. The standard InChI is InChI=1S/C3H6INO/c1-5-3(4)2-6/h2-3,5H,1H3. The van der Waals surface area contributed by atoms with Crippen LogP contribution in [0.3, 0.4) is 0 Å². The molecule has 0 rings (SSSR count). The van der Waals surface area contributed by atoms with E-state index in [1.54, 1.807) is 7.05 Å². The summed E-state index contributed by atoms with van der Waals surface area (Å²) in [6, 6.07) is 0. The van der Waals surface area contributed by atoms with Gasteiger partial charge >= 0.3 is 0 Å². The van der Waals surface area contributed by atoms with Crippen molar-refractivity contribution >= 4 is 28.9 Å². The predicted octanol–water partition coefficient (Wildman–Crippen LogP) is 0.166. The highest BCUT2D eigenvalue weighted by molar-refractivity contribution is 14.1. The lowest BCUT2D eigenvalue weighted by molar-refractivity contribution is -0.107. The van der Waals surface area contributed by atoms with Crippen molar-refractivity contribution < 1.29 is 4.79 Å². The van der Waals surface area contributed by atoms with E-state index in [1.807, 2.05) is 22.6 Å². The molecule has 1 unspecified atom stereocenters. The molecule has 3 heteroatoms. The zero-order chi connectivity index (χ0) is 4.99. The molecule has 2 nitrogen and oxygen atoms in total. The lowest BCUT2D eigenvalue weighted by Gasteiger charge is -1.91. The van der Waals surface area contributed by atoms with Crippen LogP contribution in [0.4, 0.5) is 0 Å². The van der Waals surface area contributed by atoms with Crippen LogP contribution in [0.15, 0.2) is 0 Å². The number of alkyl halides is 1. The molecule has 0 aromatic rings. The monoisotopic (exact) mass is 199 g/mol. The third-order valence-corrected chi connectivity index (χ3v) is 1.31. The summed E-state index contributed by atoms with van der Waals surface area (Å²) >= 11 is 1.99. The Labute approximate surface area is 50.4 Å². The van der Waals surface area contributed by atoms with Gasteiger partial charge in [0, 0.05) is 0 Å². The molecule has 0 heterocycles. The summed E-state index contributed by atoms with van der Waals surface area (Å²) in [7, 11) is 1.74. The van der Waals surface area contributed by atoms with Crippen LogP contribution in [0.1, 0.15) is 0 Å². The Balaban J connectivity index is 2.96. The number of nitrogens with one attached hydrogen (secondary N) is 1. The van der Waals surface area contributed by atoms with Gasteiger partial charge in [-0.3, -0.25) is 0 Å². The van der Waals surface area contributed by atoms with E-state index in [0.717, 1.165) is 6.29 Å². The Morgan fingerprint density at radius 3 is 2.50 bits per heavy atom. The van der Waals surface area contributed by atoms with Crippen LogP contribution >= 0.6 is 22.6 Å². The third kappa shape index (κ3) is 2.59. The maximum Gasteiger partial charge on any atom is 0.146 e. The minimum Gasteiger partial charge on any atom is -0.303 e. The van der Waals surface area contributed by atoms with Gasteiger partial charge in [-0.2, -0.15) is 0 Å². The maximum atomic E-state index is 9.67. The van der Waals surface area contributed by atoms with Gasteiger partial charge in [-0.25, -0.2) is 0 Å². The molecule has 1 N–H and O–H groups in total. The Kier molecular flexibility index (Phi) is 3.76. The number of aldehydes is 1. The minimum atomic E-state index is -0.0254. The van der Waals surface area contributed by atoms with Gasteiger partial charge in [0.1, 0.15) is 10.3 Å². The fourth-order valence-electron chi connectivity index (χ4n) is 0.0680. The normalized spacial score (nSPS) is 13.7. The molecule has 0 saturated heterocycles. The maximum absolute atomic E-state index is 9.67. The SMILES string of the molecule is CNC(I)C=O. The summed E-state index contributed by atoms with van der Waals surface area (Å²) in [4.78, 5) is 9.67. The number of hydrogen-bond donors (Lipinski definition) is 1. The number of carbonyl (C=O) groups is 1. The number of carbonyl (C=O) groups excluding carboxylic acids is 1. The van der Waals surface area contributed by atoms with Crippen molar-refractivity contribution in [3.05, 3.63) is 0 Å². The summed E-state index contributed by atoms with van der Waals surface area (Å²) in [5.41, 5.74) is 0. The lowest BCUT2D eigenvalue weighted by Crippen LogP contribution is -2.18. The first-order chi connectivity index (χ1) is 2.81. The van der Waals surface area contributed by atoms with Crippen molar-refractivity contribution in [3.8, 4) is 0 Å². The van der Waals surface area contributed by atoms with Crippen LogP contribution in [0.2, 0.25) is 0 Å². The second kappa shape index (κ2) is 3.55. The highest BCUT2D eigenvalue weighted by Crippen LogP contribution is 1.85. The molecule has 0 amide bonds. The summed E-state index contributed by atoms with van der Waals surface area (Å²) in [6.07, 6.45) is 0.848. The van der Waals surface area contributed by atoms with Crippen molar-refractivity contribution in [2.75, 3.05) is 7.05 Å². The first-order valence-corrected chi connectivity index (χ1v) is 2.82. The fraction of sp³-hybridized carbons (Fsp3) is 0.667. The number of likely N-dealkylation sites (N-methyl/N-ethyl adjacent to an activating group) is 1. The largest absolute Gasteiger partial charge is 0.303 e. The topological polar surface area (TPSA) is 29.1 Å². The van der Waals surface area contributed by atoms with Crippen LogP contribution in [-0.4, -0.2) is 17.4 Å². The van der Waals surface area contributed by atoms with Crippen molar-refractivity contribution in [2.24, 2.45) is 0 Å². The van der Waals surface area contributed by atoms with Crippen LogP contribution in [0.5, 0.6) is 0 Å². The van der Waals surface area contributed by atoms with E-state index < -0.39 is 0 Å². The molecular weight excluding hydrogens is 193 g/mol. The summed E-state index contributed by atoms with van der Waals surface area (Å²) < 4.78 is -0.0254. The highest BCUT2D eigenvalue weighted by atomic mass is 127. The Morgan fingerprint density at radius 1 is 2.00 bits per heavy atom. The van der Waals surface area contributed by atoms with Crippen LogP contribution < -0.4 is 5.32 Å². The van der Waals surface area contributed by atoms with Crippen LogP contribution in [0.25, 0.3) is 0 Å². The van der Waals surface area contributed by atoms with E-state index in [2.05, 4.69) is 5.32 Å². The molecule has 6 heavy (non-hydrogen) atoms. The second-order valence-corrected chi connectivity index (χ2v) is 2.17. The highest BCUT2D eigenvalue weighted by Gasteiger charge is 1.89. The summed E-state index contributed by atoms with van der Waals surface area (Å²) in [5.74, 6) is 0. The molecule has 0 aromatic carbocycles. The molecule has 0 aliphatic carbocycles. The van der Waals surface area contributed by atoms with Crippen molar-refractivity contribution in [2.45, 2.75) is 4.05 Å². The quantitative estimate of drug-likeness (QED) is 0.297. The van der Waals surface area contributed by atoms with Gasteiger partial charge in [0.2, 0.25) is 0 Å². The minimum absolute atomic E-state index is 0.0254. The van der Waals surface area contributed by atoms with Crippen LogP contribution in [0, 0.1) is 0 Å². The van der Waals surface area contributed by atoms with Gasteiger partial charge in [0.25, 0.3) is 0 Å². The van der Waals surface area contributed by atoms with Gasteiger partial charge in [0.15, 0.2) is 0 Å². The molecule has 0 fully saturated rings. The smallest absolute Gasteiger partial charge is 0.146 e. The van der Waals surface area contributed by atoms with Crippen molar-refractivity contribution in [3.63, 3.8) is 0 Å². The lowest BCUT2D eigenvalue weighted by atomic mass is 10.7. The molecule has 0 aliphatic heterocycles. The summed E-state index contributed by atoms with van der Waals surface area (Å²) in [5, 5.41) is 2.73. The predicted molar refractivity (Wildman–Crippen MR) is 32.9 cm³/mol. The zero-order valence-electron chi connectivity index (χ0n) is 3.44. The first kappa shape index (κ1) is 6.36. The molecular formula is C3H6INO. The van der Waals surface area contributed by atoms with E-state index in [1.165, 1.54) is 0 Å². The van der Waals surface area contributed by atoms with E-state index >= 15 is 0 Å². The van der Waals surface area contributed by atoms with Gasteiger partial charge in [-0.05, 0) is 7.05 Å². The van der Waals surface area contributed by atoms with E-state index in [9.17, 15) is 4.79 Å². The average molecular weight is 199 g/mol. The van der Waals surface area contributed by atoms with E-state index in [4.69, 9.17) is 0 Å². The number of rotatable bonds is 2. The van der Waals surface area contributed by atoms with E-state index in [-0.39, 0.29) is 4.05 Å². The molecule has 0 radical (unpaired) electrons.